The average Bonchev–Trinajstić information content (AvgIpc) is 2.36. The van der Waals surface area contributed by atoms with Crippen molar-refractivity contribution in [1.29, 1.82) is 0 Å². The van der Waals surface area contributed by atoms with E-state index >= 15 is 0 Å². The highest BCUT2D eigenvalue weighted by Gasteiger charge is 2.20. The Bertz CT molecular complexity index is 456. The van der Waals surface area contributed by atoms with Crippen molar-refractivity contribution in [3.63, 3.8) is 0 Å². The van der Waals surface area contributed by atoms with Crippen LogP contribution in [0.5, 0.6) is 0 Å². The predicted molar refractivity (Wildman–Crippen MR) is 94.9 cm³/mol. The molecule has 1 aliphatic heterocycles. The van der Waals surface area contributed by atoms with Crippen LogP contribution in [0.1, 0.15) is 33.3 Å². The van der Waals surface area contributed by atoms with Gasteiger partial charge in [0.1, 0.15) is 0 Å². The van der Waals surface area contributed by atoms with Crippen molar-refractivity contribution < 1.29 is 0 Å². The van der Waals surface area contributed by atoms with Crippen molar-refractivity contribution >= 4 is 33.4 Å². The lowest BCUT2D eigenvalue weighted by Gasteiger charge is -2.34. The van der Waals surface area contributed by atoms with Gasteiger partial charge in [0.05, 0.1) is 0 Å². The molecule has 1 aromatic carbocycles. The molecule has 4 heteroatoms. The van der Waals surface area contributed by atoms with Crippen LogP contribution in [-0.4, -0.2) is 29.6 Å². The fourth-order valence-electron chi connectivity index (χ4n) is 2.38. The van der Waals surface area contributed by atoms with E-state index in [0.717, 1.165) is 24.1 Å². The molecule has 20 heavy (non-hydrogen) atoms. The van der Waals surface area contributed by atoms with E-state index in [2.05, 4.69) is 83.8 Å². The summed E-state index contributed by atoms with van der Waals surface area (Å²) in [5, 5.41) is 4.32. The zero-order valence-corrected chi connectivity index (χ0v) is 15.3. The molecular weight excluding hydrogens is 332 g/mol. The van der Waals surface area contributed by atoms with Gasteiger partial charge in [-0.15, -0.1) is 0 Å². The van der Waals surface area contributed by atoms with Crippen LogP contribution in [0.15, 0.2) is 22.7 Å². The second-order valence-electron chi connectivity index (χ2n) is 6.50. The first-order chi connectivity index (χ1) is 9.35. The molecule has 0 amide bonds. The van der Waals surface area contributed by atoms with Crippen molar-refractivity contribution in [2.24, 2.45) is 0 Å². The minimum atomic E-state index is 0.148. The summed E-state index contributed by atoms with van der Waals surface area (Å²) in [5.41, 5.74) is 2.92. The molecule has 1 heterocycles. The molecule has 0 radical (unpaired) electrons. The standard InChI is InChI=1S/C16H25BrN2S/c1-12-11-19(7-8-20-12)15-9-14(17)6-5-13(15)10-18-16(2,3)4/h5-6,9,12,18H,7-8,10-11H2,1-4H3. The molecule has 112 valence electrons. The van der Waals surface area contributed by atoms with Crippen LogP contribution >= 0.6 is 27.7 Å². The maximum absolute atomic E-state index is 3.62. The quantitative estimate of drug-likeness (QED) is 0.869. The van der Waals surface area contributed by atoms with E-state index in [9.17, 15) is 0 Å². The maximum Gasteiger partial charge on any atom is 0.0423 e. The predicted octanol–water partition coefficient (Wildman–Crippen LogP) is 4.28. The summed E-state index contributed by atoms with van der Waals surface area (Å²) >= 11 is 5.69. The molecule has 0 bridgehead atoms. The molecule has 0 aliphatic carbocycles. The Morgan fingerprint density at radius 2 is 2.15 bits per heavy atom. The lowest BCUT2D eigenvalue weighted by molar-refractivity contribution is 0.424. The van der Waals surface area contributed by atoms with Crippen molar-refractivity contribution in [1.82, 2.24) is 5.32 Å². The van der Waals surface area contributed by atoms with Crippen LogP contribution < -0.4 is 10.2 Å². The first-order valence-electron chi connectivity index (χ1n) is 7.25. The van der Waals surface area contributed by atoms with Crippen molar-refractivity contribution in [2.75, 3.05) is 23.7 Å². The molecule has 1 N–H and O–H groups in total. The van der Waals surface area contributed by atoms with Crippen LogP contribution in [-0.2, 0) is 6.54 Å². The van der Waals surface area contributed by atoms with Crippen LogP contribution in [0.25, 0.3) is 0 Å². The van der Waals surface area contributed by atoms with Crippen LogP contribution in [0.3, 0.4) is 0 Å². The van der Waals surface area contributed by atoms with Gasteiger partial charge in [-0.1, -0.05) is 28.9 Å². The zero-order valence-electron chi connectivity index (χ0n) is 12.9. The Balaban J connectivity index is 2.19. The number of nitrogens with zero attached hydrogens (tertiary/aromatic N) is 1. The molecule has 1 saturated heterocycles. The molecule has 2 rings (SSSR count). The maximum atomic E-state index is 3.62. The summed E-state index contributed by atoms with van der Waals surface area (Å²) in [4.78, 5) is 2.53. The summed E-state index contributed by atoms with van der Waals surface area (Å²) in [5.74, 6) is 1.22. The van der Waals surface area contributed by atoms with Crippen molar-refractivity contribution in [3.8, 4) is 0 Å². The Labute approximate surface area is 135 Å². The van der Waals surface area contributed by atoms with Gasteiger partial charge >= 0.3 is 0 Å². The number of hydrogen-bond acceptors (Lipinski definition) is 3. The third-order valence-corrected chi connectivity index (χ3v) is 5.07. The first-order valence-corrected chi connectivity index (χ1v) is 9.09. The number of rotatable bonds is 3. The van der Waals surface area contributed by atoms with E-state index in [-0.39, 0.29) is 5.54 Å². The molecule has 0 spiro atoms. The van der Waals surface area contributed by atoms with Gasteiger partial charge < -0.3 is 10.2 Å². The lowest BCUT2D eigenvalue weighted by atomic mass is 10.1. The van der Waals surface area contributed by atoms with Crippen molar-refractivity contribution in [2.45, 2.75) is 45.0 Å². The van der Waals surface area contributed by atoms with Gasteiger partial charge in [-0.2, -0.15) is 11.8 Å². The van der Waals surface area contributed by atoms with Gasteiger partial charge in [0, 0.05) is 46.3 Å². The number of hydrogen-bond donors (Lipinski definition) is 1. The van der Waals surface area contributed by atoms with E-state index in [1.54, 1.807) is 0 Å². The fourth-order valence-corrected chi connectivity index (χ4v) is 3.74. The molecule has 1 fully saturated rings. The van der Waals surface area contributed by atoms with Gasteiger partial charge in [0.2, 0.25) is 0 Å². The summed E-state index contributed by atoms with van der Waals surface area (Å²) in [6.45, 7) is 12.2. The Kier molecular flexibility index (Phi) is 5.43. The van der Waals surface area contributed by atoms with Gasteiger partial charge in [-0.05, 0) is 38.5 Å². The third-order valence-electron chi connectivity index (χ3n) is 3.44. The number of anilines is 1. The van der Waals surface area contributed by atoms with Crippen LogP contribution in [0, 0.1) is 0 Å². The van der Waals surface area contributed by atoms with Gasteiger partial charge in [0.15, 0.2) is 0 Å². The minimum absolute atomic E-state index is 0.148. The summed E-state index contributed by atoms with van der Waals surface area (Å²) < 4.78 is 1.16. The second-order valence-corrected chi connectivity index (χ2v) is 8.97. The SMILES string of the molecule is CC1CN(c2cc(Br)ccc2CNC(C)(C)C)CCS1. The number of halogens is 1. The number of benzene rings is 1. The zero-order chi connectivity index (χ0) is 14.8. The molecule has 1 aromatic rings. The van der Waals surface area contributed by atoms with E-state index in [1.165, 1.54) is 17.0 Å². The first kappa shape index (κ1) is 16.2. The van der Waals surface area contributed by atoms with E-state index in [4.69, 9.17) is 0 Å². The largest absolute Gasteiger partial charge is 0.369 e. The highest BCUT2D eigenvalue weighted by atomic mass is 79.9. The lowest BCUT2D eigenvalue weighted by Crippen LogP contribution is -2.39. The van der Waals surface area contributed by atoms with Gasteiger partial charge in [-0.3, -0.25) is 0 Å². The molecule has 1 aliphatic rings. The van der Waals surface area contributed by atoms with Crippen LogP contribution in [0.2, 0.25) is 0 Å². The molecule has 0 saturated carbocycles. The summed E-state index contributed by atoms with van der Waals surface area (Å²) in [7, 11) is 0. The fraction of sp³-hybridized carbons (Fsp3) is 0.625. The van der Waals surface area contributed by atoms with E-state index in [0.29, 0.717) is 5.25 Å². The Hall–Kier alpha value is -0.190. The molecule has 0 aromatic heterocycles. The van der Waals surface area contributed by atoms with Gasteiger partial charge in [0.25, 0.3) is 0 Å². The topological polar surface area (TPSA) is 15.3 Å². The van der Waals surface area contributed by atoms with Gasteiger partial charge in [-0.25, -0.2) is 0 Å². The molecular formula is C16H25BrN2S. The second kappa shape index (κ2) is 6.71. The normalized spacial score (nSPS) is 20.2. The number of nitrogens with one attached hydrogen (secondary N) is 1. The summed E-state index contributed by atoms with van der Waals surface area (Å²) in [6.07, 6.45) is 0. The van der Waals surface area contributed by atoms with E-state index < -0.39 is 0 Å². The van der Waals surface area contributed by atoms with Crippen LogP contribution in [0.4, 0.5) is 5.69 Å². The molecule has 1 unspecified atom stereocenters. The van der Waals surface area contributed by atoms with Crippen molar-refractivity contribution in [3.05, 3.63) is 28.2 Å². The smallest absolute Gasteiger partial charge is 0.0423 e. The average molecular weight is 357 g/mol. The highest BCUT2D eigenvalue weighted by molar-refractivity contribution is 9.10. The minimum Gasteiger partial charge on any atom is -0.369 e. The monoisotopic (exact) mass is 356 g/mol. The molecule has 2 nitrogen and oxygen atoms in total. The van der Waals surface area contributed by atoms with E-state index in [1.807, 2.05) is 0 Å². The number of thioether (sulfide) groups is 1. The summed E-state index contributed by atoms with van der Waals surface area (Å²) in [6, 6.07) is 6.65. The highest BCUT2D eigenvalue weighted by Crippen LogP contribution is 2.29. The Morgan fingerprint density at radius 1 is 1.40 bits per heavy atom. The molecule has 1 atom stereocenters. The Morgan fingerprint density at radius 3 is 2.80 bits per heavy atom. The third kappa shape index (κ3) is 4.68.